The Kier molecular flexibility index (Phi) is 5.76. The van der Waals surface area contributed by atoms with Crippen LogP contribution in [-0.2, 0) is 4.79 Å². The van der Waals surface area contributed by atoms with Crippen LogP contribution in [-0.4, -0.2) is 27.8 Å². The van der Waals surface area contributed by atoms with Crippen LogP contribution in [0.1, 0.15) is 0 Å². The lowest BCUT2D eigenvalue weighted by Crippen LogP contribution is -2.10. The molecule has 0 aliphatic heterocycles. The first-order valence-electron chi connectivity index (χ1n) is 8.90. The normalized spacial score (nSPS) is 10.6. The zero-order chi connectivity index (χ0) is 20.9. The van der Waals surface area contributed by atoms with Gasteiger partial charge < -0.3 is 19.1 Å². The Morgan fingerprint density at radius 3 is 2.47 bits per heavy atom. The van der Waals surface area contributed by atoms with Gasteiger partial charge in [0.25, 0.3) is 5.89 Å². The quantitative estimate of drug-likeness (QED) is 0.388. The fourth-order valence-corrected chi connectivity index (χ4v) is 3.04. The van der Waals surface area contributed by atoms with Crippen molar-refractivity contribution in [3.05, 3.63) is 77.3 Å². The van der Waals surface area contributed by atoms with Crippen LogP contribution in [0.2, 0.25) is 0 Å². The average Bonchev–Trinajstić information content (AvgIpc) is 3.24. The van der Waals surface area contributed by atoms with Crippen molar-refractivity contribution in [1.82, 2.24) is 10.1 Å². The van der Waals surface area contributed by atoms with Crippen molar-refractivity contribution in [3.63, 3.8) is 0 Å². The van der Waals surface area contributed by atoms with E-state index >= 15 is 0 Å². The molecule has 0 fully saturated rings. The van der Waals surface area contributed by atoms with Crippen molar-refractivity contribution in [2.24, 2.45) is 0 Å². The van der Waals surface area contributed by atoms with E-state index in [0.29, 0.717) is 22.9 Å². The van der Waals surface area contributed by atoms with Crippen molar-refractivity contribution in [1.29, 1.82) is 0 Å². The topological polar surface area (TPSA) is 94.7 Å². The Morgan fingerprint density at radius 1 is 1.00 bits per heavy atom. The van der Waals surface area contributed by atoms with E-state index in [9.17, 15) is 4.79 Å². The van der Waals surface area contributed by atoms with Crippen molar-refractivity contribution in [2.75, 3.05) is 6.61 Å². The summed E-state index contributed by atoms with van der Waals surface area (Å²) >= 11 is 3.38. The summed E-state index contributed by atoms with van der Waals surface area (Å²) in [6, 6.07) is 21.9. The summed E-state index contributed by atoms with van der Waals surface area (Å²) < 4.78 is 17.3. The molecule has 0 aliphatic rings. The lowest BCUT2D eigenvalue weighted by molar-refractivity contribution is -0.139. The molecule has 0 radical (unpaired) electrons. The number of ether oxygens (including phenoxy) is 2. The lowest BCUT2D eigenvalue weighted by atomic mass is 10.2. The maximum absolute atomic E-state index is 10.8. The first-order valence-corrected chi connectivity index (χ1v) is 9.69. The lowest BCUT2D eigenvalue weighted by Gasteiger charge is -2.07. The fraction of sp³-hybridized carbons (Fsp3) is 0.0455. The van der Waals surface area contributed by atoms with Crippen molar-refractivity contribution < 1.29 is 23.9 Å². The number of halogens is 1. The number of rotatable bonds is 7. The molecule has 1 heterocycles. The molecule has 150 valence electrons. The number of aromatic nitrogens is 2. The molecule has 0 spiro atoms. The highest BCUT2D eigenvalue weighted by atomic mass is 79.9. The molecule has 4 rings (SSSR count). The second-order valence-corrected chi connectivity index (χ2v) is 7.10. The molecular weight excluding hydrogens is 452 g/mol. The van der Waals surface area contributed by atoms with E-state index in [-0.39, 0.29) is 5.89 Å². The van der Waals surface area contributed by atoms with Gasteiger partial charge in [0.1, 0.15) is 17.2 Å². The fourth-order valence-electron chi connectivity index (χ4n) is 2.68. The summed E-state index contributed by atoms with van der Waals surface area (Å²) in [5.41, 5.74) is 1.24. The monoisotopic (exact) mass is 466 g/mol. The van der Waals surface area contributed by atoms with Crippen LogP contribution >= 0.6 is 15.9 Å². The van der Waals surface area contributed by atoms with Gasteiger partial charge in [-0.2, -0.15) is 4.98 Å². The van der Waals surface area contributed by atoms with E-state index in [2.05, 4.69) is 26.1 Å². The minimum Gasteiger partial charge on any atom is -0.481 e. The van der Waals surface area contributed by atoms with E-state index in [1.807, 2.05) is 54.6 Å². The van der Waals surface area contributed by atoms with Gasteiger partial charge in [-0.25, -0.2) is 4.79 Å². The number of carboxylic acids is 1. The Morgan fingerprint density at radius 2 is 1.73 bits per heavy atom. The number of hydrogen-bond acceptors (Lipinski definition) is 6. The standard InChI is InChI=1S/C22H15BrN2O5/c23-15-8-11-19(28-13-20(26)27)18(12-15)22-24-21(25-30-22)14-6-9-17(10-7-14)29-16-4-2-1-3-5-16/h1-12H,13H2,(H,26,27). The van der Waals surface area contributed by atoms with Gasteiger partial charge in [0.2, 0.25) is 5.82 Å². The molecule has 3 aromatic carbocycles. The predicted molar refractivity (Wildman–Crippen MR) is 113 cm³/mol. The summed E-state index contributed by atoms with van der Waals surface area (Å²) in [5, 5.41) is 12.9. The molecule has 30 heavy (non-hydrogen) atoms. The number of hydrogen-bond donors (Lipinski definition) is 1. The Balaban J connectivity index is 1.56. The zero-order valence-corrected chi connectivity index (χ0v) is 17.1. The van der Waals surface area contributed by atoms with E-state index < -0.39 is 12.6 Å². The summed E-state index contributed by atoms with van der Waals surface area (Å²) in [6.45, 7) is -0.474. The summed E-state index contributed by atoms with van der Waals surface area (Å²) in [7, 11) is 0. The van der Waals surface area contributed by atoms with Gasteiger partial charge >= 0.3 is 5.97 Å². The smallest absolute Gasteiger partial charge is 0.341 e. The maximum Gasteiger partial charge on any atom is 0.341 e. The molecule has 0 bridgehead atoms. The Hall–Kier alpha value is -3.65. The number of benzene rings is 3. The van der Waals surface area contributed by atoms with Crippen LogP contribution in [0, 0.1) is 0 Å². The molecule has 0 unspecified atom stereocenters. The van der Waals surface area contributed by atoms with Gasteiger partial charge in [0.15, 0.2) is 6.61 Å². The molecule has 1 N–H and O–H groups in total. The molecular formula is C22H15BrN2O5. The van der Waals surface area contributed by atoms with Gasteiger partial charge in [-0.05, 0) is 54.6 Å². The van der Waals surface area contributed by atoms with Gasteiger partial charge in [0.05, 0.1) is 5.56 Å². The zero-order valence-electron chi connectivity index (χ0n) is 15.5. The minimum absolute atomic E-state index is 0.219. The van der Waals surface area contributed by atoms with Crippen LogP contribution in [0.3, 0.4) is 0 Å². The highest BCUT2D eigenvalue weighted by Crippen LogP contribution is 2.33. The van der Waals surface area contributed by atoms with Crippen LogP contribution in [0.25, 0.3) is 22.8 Å². The molecule has 7 nitrogen and oxygen atoms in total. The third-order valence-corrected chi connectivity index (χ3v) is 4.53. The van der Waals surface area contributed by atoms with E-state index in [4.69, 9.17) is 19.1 Å². The number of aliphatic carboxylic acids is 1. The highest BCUT2D eigenvalue weighted by Gasteiger charge is 2.16. The molecule has 4 aromatic rings. The average molecular weight is 467 g/mol. The van der Waals surface area contributed by atoms with Crippen molar-refractivity contribution in [2.45, 2.75) is 0 Å². The third kappa shape index (κ3) is 4.66. The van der Waals surface area contributed by atoms with E-state index in [0.717, 1.165) is 15.8 Å². The second kappa shape index (κ2) is 8.79. The largest absolute Gasteiger partial charge is 0.481 e. The van der Waals surface area contributed by atoms with Crippen molar-refractivity contribution >= 4 is 21.9 Å². The molecule has 1 aromatic heterocycles. The second-order valence-electron chi connectivity index (χ2n) is 6.19. The van der Waals surface area contributed by atoms with Gasteiger partial charge in [-0.1, -0.05) is 39.3 Å². The number of carbonyl (C=O) groups is 1. The van der Waals surface area contributed by atoms with E-state index in [1.165, 1.54) is 0 Å². The number of para-hydroxylation sites is 1. The Bertz CT molecular complexity index is 1160. The highest BCUT2D eigenvalue weighted by molar-refractivity contribution is 9.10. The summed E-state index contributed by atoms with van der Waals surface area (Å²) in [6.07, 6.45) is 0. The van der Waals surface area contributed by atoms with Crippen LogP contribution in [0.5, 0.6) is 17.2 Å². The number of carboxylic acid groups (broad SMARTS) is 1. The predicted octanol–water partition coefficient (Wildman–Crippen LogP) is 5.42. The molecule has 0 saturated carbocycles. The summed E-state index contributed by atoms with van der Waals surface area (Å²) in [4.78, 5) is 15.2. The van der Waals surface area contributed by atoms with Crippen LogP contribution < -0.4 is 9.47 Å². The van der Waals surface area contributed by atoms with Gasteiger partial charge in [-0.15, -0.1) is 0 Å². The minimum atomic E-state index is -1.08. The van der Waals surface area contributed by atoms with Crippen LogP contribution in [0.4, 0.5) is 0 Å². The van der Waals surface area contributed by atoms with Crippen molar-refractivity contribution in [3.8, 4) is 40.1 Å². The molecule has 0 saturated heterocycles. The Labute approximate surface area is 180 Å². The third-order valence-electron chi connectivity index (χ3n) is 4.04. The first kappa shape index (κ1) is 19.7. The van der Waals surface area contributed by atoms with Gasteiger partial charge in [0, 0.05) is 10.0 Å². The summed E-state index contributed by atoms with van der Waals surface area (Å²) in [5.74, 6) is 1.30. The molecule has 0 aliphatic carbocycles. The molecule has 8 heteroatoms. The number of nitrogens with zero attached hydrogens (tertiary/aromatic N) is 2. The first-order chi connectivity index (χ1) is 14.6. The molecule has 0 atom stereocenters. The van der Waals surface area contributed by atoms with E-state index in [1.54, 1.807) is 18.2 Å². The SMILES string of the molecule is O=C(O)COc1ccc(Br)cc1-c1nc(-c2ccc(Oc3ccccc3)cc2)no1. The molecule has 0 amide bonds. The van der Waals surface area contributed by atoms with Crippen LogP contribution in [0.15, 0.2) is 81.8 Å². The maximum atomic E-state index is 10.8. The van der Waals surface area contributed by atoms with Gasteiger partial charge in [-0.3, -0.25) is 0 Å².